The molecule has 0 fully saturated rings. The molecule has 0 spiro atoms. The molecule has 1 aromatic carbocycles. The third-order valence-corrected chi connectivity index (χ3v) is 3.26. The highest BCUT2D eigenvalue weighted by Gasteiger charge is 2.04. The number of aromatic amines is 1. The highest BCUT2D eigenvalue weighted by molar-refractivity contribution is 9.10. The molecule has 0 aliphatic heterocycles. The van der Waals surface area contributed by atoms with Crippen molar-refractivity contribution in [1.82, 2.24) is 9.55 Å². The lowest BCUT2D eigenvalue weighted by atomic mass is 10.1. The van der Waals surface area contributed by atoms with Gasteiger partial charge in [0.1, 0.15) is 0 Å². The van der Waals surface area contributed by atoms with Crippen LogP contribution < -0.4 is 11.2 Å². The Morgan fingerprint density at radius 3 is 2.40 bits per heavy atom. The number of halogens is 1. The molecule has 6 nitrogen and oxygen atoms in total. The number of carbonyl (C=O) groups is 1. The summed E-state index contributed by atoms with van der Waals surface area (Å²) >= 11 is 3.06. The van der Waals surface area contributed by atoms with Gasteiger partial charge in [-0.3, -0.25) is 19.1 Å². The van der Waals surface area contributed by atoms with Gasteiger partial charge in [-0.05, 0) is 27.1 Å². The molecule has 2 N–H and O–H groups in total. The van der Waals surface area contributed by atoms with Crippen molar-refractivity contribution in [2.24, 2.45) is 0 Å². The smallest absolute Gasteiger partial charge is 0.328 e. The summed E-state index contributed by atoms with van der Waals surface area (Å²) in [5, 5.41) is 8.68. The highest BCUT2D eigenvalue weighted by atomic mass is 79.9. The predicted octanol–water partition coefficient (Wildman–Crippen LogP) is 0.974. The van der Waals surface area contributed by atoms with Gasteiger partial charge in [0.25, 0.3) is 5.56 Å². The predicted molar refractivity (Wildman–Crippen MR) is 75.9 cm³/mol. The van der Waals surface area contributed by atoms with Crippen molar-refractivity contribution in [1.29, 1.82) is 0 Å². The number of hydrogen-bond donors (Lipinski definition) is 2. The zero-order chi connectivity index (χ0) is 14.7. The maximum absolute atomic E-state index is 11.6. The normalized spacial score (nSPS) is 10.4. The van der Waals surface area contributed by atoms with Crippen LogP contribution in [0.3, 0.4) is 0 Å². The van der Waals surface area contributed by atoms with E-state index in [1.54, 1.807) is 24.3 Å². The van der Waals surface area contributed by atoms with Gasteiger partial charge in [0.15, 0.2) is 0 Å². The quantitative estimate of drug-likeness (QED) is 0.868. The largest absolute Gasteiger partial charge is 0.481 e. The summed E-state index contributed by atoms with van der Waals surface area (Å²) in [5.74, 6) is -0.890. The number of nitrogens with zero attached hydrogens (tertiary/aromatic N) is 1. The number of nitrogens with one attached hydrogen (secondary N) is 1. The topological polar surface area (TPSA) is 92.2 Å². The Labute approximate surface area is 121 Å². The molecule has 0 unspecified atom stereocenters. The average Bonchev–Trinajstić information content (AvgIpc) is 2.37. The van der Waals surface area contributed by atoms with Gasteiger partial charge in [-0.2, -0.15) is 0 Å². The molecule has 2 rings (SSSR count). The van der Waals surface area contributed by atoms with Crippen molar-refractivity contribution in [3.8, 4) is 0 Å². The standard InChI is InChI=1S/C13H11BrN2O4/c14-10-7-16(13(20)15-12(10)19)6-9-3-1-8(2-4-9)5-11(17)18/h1-4,7H,5-6H2,(H,17,18)(H,15,19,20). The maximum Gasteiger partial charge on any atom is 0.328 e. The summed E-state index contributed by atoms with van der Waals surface area (Å²) in [4.78, 5) is 35.6. The number of H-pyrrole nitrogens is 1. The number of aliphatic carboxylic acids is 1. The summed E-state index contributed by atoms with van der Waals surface area (Å²) in [6.07, 6.45) is 1.39. The SMILES string of the molecule is O=C(O)Cc1ccc(Cn2cc(Br)c(=O)[nH]c2=O)cc1. The van der Waals surface area contributed by atoms with Gasteiger partial charge in [-0.15, -0.1) is 0 Å². The van der Waals surface area contributed by atoms with E-state index in [0.29, 0.717) is 12.1 Å². The van der Waals surface area contributed by atoms with Crippen molar-refractivity contribution in [3.05, 3.63) is 66.9 Å². The van der Waals surface area contributed by atoms with Crippen LogP contribution in [-0.2, 0) is 17.8 Å². The van der Waals surface area contributed by atoms with E-state index >= 15 is 0 Å². The van der Waals surface area contributed by atoms with E-state index in [-0.39, 0.29) is 10.9 Å². The van der Waals surface area contributed by atoms with Crippen molar-refractivity contribution in [3.63, 3.8) is 0 Å². The van der Waals surface area contributed by atoms with Crippen molar-refractivity contribution in [2.75, 3.05) is 0 Å². The first kappa shape index (κ1) is 14.3. The second-order valence-electron chi connectivity index (χ2n) is 4.25. The zero-order valence-electron chi connectivity index (χ0n) is 10.3. The van der Waals surface area contributed by atoms with Crippen LogP contribution in [0.1, 0.15) is 11.1 Å². The molecule has 0 aliphatic carbocycles. The molecule has 0 saturated heterocycles. The Kier molecular flexibility index (Phi) is 4.19. The Morgan fingerprint density at radius 2 is 1.80 bits per heavy atom. The number of rotatable bonds is 4. The third-order valence-electron chi connectivity index (χ3n) is 2.70. The minimum absolute atomic E-state index is 0.0373. The minimum atomic E-state index is -0.890. The van der Waals surface area contributed by atoms with Crippen LogP contribution >= 0.6 is 15.9 Å². The number of carboxylic acid groups (broad SMARTS) is 1. The van der Waals surface area contributed by atoms with E-state index < -0.39 is 17.2 Å². The van der Waals surface area contributed by atoms with Crippen molar-refractivity contribution < 1.29 is 9.90 Å². The van der Waals surface area contributed by atoms with E-state index in [1.165, 1.54) is 10.8 Å². The summed E-state index contributed by atoms with van der Waals surface area (Å²) in [5.41, 5.74) is 0.562. The van der Waals surface area contributed by atoms with E-state index in [2.05, 4.69) is 20.9 Å². The Balaban J connectivity index is 2.22. The lowest BCUT2D eigenvalue weighted by Crippen LogP contribution is -2.30. The van der Waals surface area contributed by atoms with Crippen LogP contribution in [0.25, 0.3) is 0 Å². The minimum Gasteiger partial charge on any atom is -0.481 e. The van der Waals surface area contributed by atoms with Gasteiger partial charge in [0, 0.05) is 6.20 Å². The van der Waals surface area contributed by atoms with E-state index in [1.807, 2.05) is 0 Å². The third kappa shape index (κ3) is 3.45. The number of aromatic nitrogens is 2. The summed E-state index contributed by atoms with van der Waals surface area (Å²) in [7, 11) is 0. The molecule has 1 aromatic heterocycles. The average molecular weight is 339 g/mol. The van der Waals surface area contributed by atoms with E-state index in [9.17, 15) is 14.4 Å². The first-order valence-electron chi connectivity index (χ1n) is 5.74. The summed E-state index contributed by atoms with van der Waals surface area (Å²) < 4.78 is 1.64. The molecule has 0 aliphatic rings. The second-order valence-corrected chi connectivity index (χ2v) is 5.11. The van der Waals surface area contributed by atoms with Crippen LogP contribution in [0.15, 0.2) is 44.5 Å². The molecule has 0 atom stereocenters. The van der Waals surface area contributed by atoms with E-state index in [0.717, 1.165) is 5.56 Å². The molecule has 20 heavy (non-hydrogen) atoms. The monoisotopic (exact) mass is 338 g/mol. The molecule has 1 heterocycles. The summed E-state index contributed by atoms with van der Waals surface area (Å²) in [6, 6.07) is 6.91. The second kappa shape index (κ2) is 5.87. The van der Waals surface area contributed by atoms with Gasteiger partial charge in [0.05, 0.1) is 17.4 Å². The zero-order valence-corrected chi connectivity index (χ0v) is 11.9. The number of hydrogen-bond acceptors (Lipinski definition) is 3. The highest BCUT2D eigenvalue weighted by Crippen LogP contribution is 2.07. The first-order chi connectivity index (χ1) is 9.45. The fourth-order valence-electron chi connectivity index (χ4n) is 1.73. The molecule has 0 radical (unpaired) electrons. The van der Waals surface area contributed by atoms with Crippen LogP contribution in [0.5, 0.6) is 0 Å². The van der Waals surface area contributed by atoms with Gasteiger partial charge in [-0.1, -0.05) is 24.3 Å². The molecular weight excluding hydrogens is 328 g/mol. The maximum atomic E-state index is 11.6. The lowest BCUT2D eigenvalue weighted by molar-refractivity contribution is -0.136. The Bertz CT molecular complexity index is 746. The fourth-order valence-corrected chi connectivity index (χ4v) is 2.08. The van der Waals surface area contributed by atoms with Gasteiger partial charge < -0.3 is 5.11 Å². The number of benzene rings is 1. The Hall–Kier alpha value is -2.15. The number of carboxylic acids is 1. The van der Waals surface area contributed by atoms with Gasteiger partial charge >= 0.3 is 11.7 Å². The summed E-state index contributed by atoms with van der Waals surface area (Å²) in [6.45, 7) is 0.293. The van der Waals surface area contributed by atoms with Gasteiger partial charge in [-0.25, -0.2) is 4.79 Å². The molecule has 104 valence electrons. The molecular formula is C13H11BrN2O4. The van der Waals surface area contributed by atoms with Crippen molar-refractivity contribution >= 4 is 21.9 Å². The first-order valence-corrected chi connectivity index (χ1v) is 6.54. The molecule has 0 saturated carbocycles. The lowest BCUT2D eigenvalue weighted by Gasteiger charge is -2.06. The Morgan fingerprint density at radius 1 is 1.20 bits per heavy atom. The van der Waals surface area contributed by atoms with Crippen molar-refractivity contribution in [2.45, 2.75) is 13.0 Å². The van der Waals surface area contributed by atoms with Crippen LogP contribution in [-0.4, -0.2) is 20.6 Å². The molecule has 2 aromatic rings. The molecule has 7 heteroatoms. The van der Waals surface area contributed by atoms with E-state index in [4.69, 9.17) is 5.11 Å². The van der Waals surface area contributed by atoms with Crippen LogP contribution in [0.4, 0.5) is 0 Å². The van der Waals surface area contributed by atoms with Crippen LogP contribution in [0.2, 0.25) is 0 Å². The molecule has 0 amide bonds. The van der Waals surface area contributed by atoms with Crippen LogP contribution in [0, 0.1) is 0 Å². The molecule has 0 bridgehead atoms. The fraction of sp³-hybridized carbons (Fsp3) is 0.154. The van der Waals surface area contributed by atoms with Gasteiger partial charge in [0.2, 0.25) is 0 Å².